The second kappa shape index (κ2) is 4.64. The number of carbonyl (C=O) groups excluding carboxylic acids is 1. The van der Waals surface area contributed by atoms with Crippen LogP contribution in [0.1, 0.15) is 16.2 Å². The minimum Gasteiger partial charge on any atom is -0.325 e. The lowest BCUT2D eigenvalue weighted by Gasteiger charge is -2.01. The molecule has 7 nitrogen and oxygen atoms in total. The van der Waals surface area contributed by atoms with E-state index < -0.39 is 0 Å². The molecular weight excluding hydrogens is 244 g/mol. The number of halogens is 1. The van der Waals surface area contributed by atoms with Crippen LogP contribution in [0.5, 0.6) is 0 Å². The molecule has 0 aliphatic carbocycles. The number of Topliss-reactive ketones (excluding diaryl/α,β-unsaturated/α-hetero) is 1. The molecule has 0 amide bonds. The summed E-state index contributed by atoms with van der Waals surface area (Å²) in [6.07, 6.45) is 3.06. The van der Waals surface area contributed by atoms with Crippen molar-refractivity contribution < 1.29 is 4.79 Å². The van der Waals surface area contributed by atoms with Crippen LogP contribution in [0.2, 0.25) is 5.02 Å². The van der Waals surface area contributed by atoms with Crippen LogP contribution in [0.4, 0.5) is 0 Å². The van der Waals surface area contributed by atoms with Crippen LogP contribution in [0.25, 0.3) is 0 Å². The minimum atomic E-state index is -0.177. The third-order valence-electron chi connectivity index (χ3n) is 2.26. The fraction of sp³-hybridized carbons (Fsp3) is 0.333. The van der Waals surface area contributed by atoms with Crippen LogP contribution in [0.3, 0.4) is 0 Å². The highest BCUT2D eigenvalue weighted by atomic mass is 35.5. The Bertz CT molecular complexity index is 526. The molecule has 8 heteroatoms. The summed E-state index contributed by atoms with van der Waals surface area (Å²) in [4.78, 5) is 11.9. The Labute approximate surface area is 102 Å². The van der Waals surface area contributed by atoms with Crippen LogP contribution >= 0.6 is 11.6 Å². The van der Waals surface area contributed by atoms with Crippen molar-refractivity contribution in [3.05, 3.63) is 28.8 Å². The van der Waals surface area contributed by atoms with E-state index in [2.05, 4.69) is 15.4 Å². The van der Waals surface area contributed by atoms with Gasteiger partial charge in [0.25, 0.3) is 0 Å². The van der Waals surface area contributed by atoms with E-state index in [9.17, 15) is 4.79 Å². The molecule has 0 radical (unpaired) electrons. The maximum absolute atomic E-state index is 11.9. The van der Waals surface area contributed by atoms with Gasteiger partial charge in [0.05, 0.1) is 23.1 Å². The number of aryl methyl sites for hydroxylation is 1. The fourth-order valence-corrected chi connectivity index (χ4v) is 1.73. The fourth-order valence-electron chi connectivity index (χ4n) is 1.46. The molecule has 0 spiro atoms. The summed E-state index contributed by atoms with van der Waals surface area (Å²) in [7, 11) is 1.66. The van der Waals surface area contributed by atoms with Gasteiger partial charge in [0.1, 0.15) is 12.2 Å². The van der Waals surface area contributed by atoms with Crippen molar-refractivity contribution in [2.75, 3.05) is 0 Å². The van der Waals surface area contributed by atoms with Gasteiger partial charge in [-0.15, -0.1) is 5.10 Å². The number of nitrogens with zero attached hydrogens (tertiary/aromatic N) is 5. The summed E-state index contributed by atoms with van der Waals surface area (Å²) in [6, 6.07) is 0. The molecule has 0 fully saturated rings. The molecule has 0 bridgehead atoms. The zero-order valence-corrected chi connectivity index (χ0v) is 9.92. The van der Waals surface area contributed by atoms with Crippen LogP contribution in [0, 0.1) is 0 Å². The van der Waals surface area contributed by atoms with Gasteiger partial charge in [-0.1, -0.05) is 16.8 Å². The molecule has 0 saturated carbocycles. The molecule has 0 saturated heterocycles. The van der Waals surface area contributed by atoms with Crippen molar-refractivity contribution in [2.24, 2.45) is 12.8 Å². The average molecular weight is 255 g/mol. The van der Waals surface area contributed by atoms with E-state index in [1.165, 1.54) is 15.6 Å². The predicted molar refractivity (Wildman–Crippen MR) is 60.5 cm³/mol. The third kappa shape index (κ3) is 2.34. The molecule has 0 atom stereocenters. The molecule has 0 aromatic carbocycles. The second-order valence-corrected chi connectivity index (χ2v) is 3.91. The van der Waals surface area contributed by atoms with E-state index in [1.54, 1.807) is 13.2 Å². The zero-order valence-electron chi connectivity index (χ0n) is 9.17. The lowest BCUT2D eigenvalue weighted by Crippen LogP contribution is -2.15. The highest BCUT2D eigenvalue weighted by Gasteiger charge is 2.16. The molecule has 0 unspecified atom stereocenters. The first kappa shape index (κ1) is 11.7. The van der Waals surface area contributed by atoms with Gasteiger partial charge in [0.15, 0.2) is 0 Å². The average Bonchev–Trinajstić information content (AvgIpc) is 2.86. The van der Waals surface area contributed by atoms with E-state index in [1.807, 2.05) is 0 Å². The van der Waals surface area contributed by atoms with Crippen molar-refractivity contribution in [1.29, 1.82) is 0 Å². The molecule has 2 aromatic rings. The standard InChI is InChI=1S/C9H11ClN6O/c1-15-9(7(10)3-12-15)8(17)5-16-4-6(2-11)13-14-16/h3-4H,2,5,11H2,1H3. The van der Waals surface area contributed by atoms with Gasteiger partial charge in [-0.25, -0.2) is 4.68 Å². The molecule has 2 N–H and O–H groups in total. The monoisotopic (exact) mass is 254 g/mol. The van der Waals surface area contributed by atoms with Crippen LogP contribution < -0.4 is 5.73 Å². The molecule has 0 aliphatic heterocycles. The zero-order chi connectivity index (χ0) is 12.4. The van der Waals surface area contributed by atoms with Crippen LogP contribution in [-0.4, -0.2) is 30.6 Å². The number of hydrogen-bond donors (Lipinski definition) is 1. The summed E-state index contributed by atoms with van der Waals surface area (Å²) >= 11 is 5.87. The molecule has 17 heavy (non-hydrogen) atoms. The van der Waals surface area contributed by atoms with Crippen LogP contribution in [0.15, 0.2) is 12.4 Å². The van der Waals surface area contributed by atoms with E-state index >= 15 is 0 Å². The Morgan fingerprint density at radius 2 is 2.35 bits per heavy atom. The van der Waals surface area contributed by atoms with Crippen molar-refractivity contribution in [3.8, 4) is 0 Å². The molecule has 0 aliphatic rings. The van der Waals surface area contributed by atoms with Crippen LogP contribution in [-0.2, 0) is 20.1 Å². The SMILES string of the molecule is Cn1ncc(Cl)c1C(=O)Cn1cc(CN)nn1. The van der Waals surface area contributed by atoms with Crippen molar-refractivity contribution in [1.82, 2.24) is 24.8 Å². The number of aromatic nitrogens is 5. The lowest BCUT2D eigenvalue weighted by molar-refractivity contribution is 0.0958. The van der Waals surface area contributed by atoms with Gasteiger partial charge in [0.2, 0.25) is 5.78 Å². The topological polar surface area (TPSA) is 91.6 Å². The van der Waals surface area contributed by atoms with E-state index in [0.29, 0.717) is 23.0 Å². The summed E-state index contributed by atoms with van der Waals surface area (Å²) in [5.74, 6) is -0.177. The number of rotatable bonds is 4. The van der Waals surface area contributed by atoms with Crippen molar-refractivity contribution in [2.45, 2.75) is 13.1 Å². The molecule has 2 rings (SSSR count). The highest BCUT2D eigenvalue weighted by Crippen LogP contribution is 2.15. The highest BCUT2D eigenvalue weighted by molar-refractivity contribution is 6.33. The first-order valence-corrected chi connectivity index (χ1v) is 5.29. The van der Waals surface area contributed by atoms with E-state index in [4.69, 9.17) is 17.3 Å². The van der Waals surface area contributed by atoms with Gasteiger partial charge in [-0.2, -0.15) is 5.10 Å². The Kier molecular flexibility index (Phi) is 3.21. The quantitative estimate of drug-likeness (QED) is 0.776. The van der Waals surface area contributed by atoms with E-state index in [-0.39, 0.29) is 12.3 Å². The Morgan fingerprint density at radius 3 is 2.88 bits per heavy atom. The van der Waals surface area contributed by atoms with Gasteiger partial charge in [-0.3, -0.25) is 9.48 Å². The number of hydrogen-bond acceptors (Lipinski definition) is 5. The van der Waals surface area contributed by atoms with Gasteiger partial charge in [0, 0.05) is 13.6 Å². The molecule has 2 aromatic heterocycles. The third-order valence-corrected chi connectivity index (χ3v) is 2.54. The minimum absolute atomic E-state index is 0.0618. The predicted octanol–water partition coefficient (Wildman–Crippen LogP) is 0.00660. The normalized spacial score (nSPS) is 10.8. The molecular formula is C9H11ClN6O. The Balaban J connectivity index is 2.17. The van der Waals surface area contributed by atoms with Gasteiger partial charge in [-0.05, 0) is 0 Å². The van der Waals surface area contributed by atoms with Crippen molar-refractivity contribution >= 4 is 17.4 Å². The molecule has 90 valence electrons. The van der Waals surface area contributed by atoms with Gasteiger partial charge >= 0.3 is 0 Å². The first-order chi connectivity index (χ1) is 8.11. The van der Waals surface area contributed by atoms with Gasteiger partial charge < -0.3 is 5.73 Å². The summed E-state index contributed by atoms with van der Waals surface area (Å²) < 4.78 is 2.86. The summed E-state index contributed by atoms with van der Waals surface area (Å²) in [5.41, 5.74) is 6.39. The number of nitrogens with two attached hydrogens (primary N) is 1. The lowest BCUT2D eigenvalue weighted by atomic mass is 10.3. The smallest absolute Gasteiger partial charge is 0.203 e. The largest absolute Gasteiger partial charge is 0.325 e. The maximum atomic E-state index is 11.9. The number of ketones is 1. The second-order valence-electron chi connectivity index (χ2n) is 3.50. The number of carbonyl (C=O) groups is 1. The first-order valence-electron chi connectivity index (χ1n) is 4.91. The summed E-state index contributed by atoms with van der Waals surface area (Å²) in [6.45, 7) is 0.354. The maximum Gasteiger partial charge on any atom is 0.203 e. The summed E-state index contributed by atoms with van der Waals surface area (Å²) in [5, 5.41) is 11.8. The van der Waals surface area contributed by atoms with E-state index in [0.717, 1.165) is 0 Å². The van der Waals surface area contributed by atoms with Crippen molar-refractivity contribution in [3.63, 3.8) is 0 Å². The Hall–Kier alpha value is -1.73. The Morgan fingerprint density at radius 1 is 1.59 bits per heavy atom. The molecule has 2 heterocycles.